The summed E-state index contributed by atoms with van der Waals surface area (Å²) in [7, 11) is -3.84. The zero-order valence-electron chi connectivity index (χ0n) is 16.0. The SMILES string of the molecule is CC(C)(C)NS(=O)(=O)c1ccc(C(=O)N2CCNCC2c2cccnc2)o1.Cl. The topological polar surface area (TPSA) is 105 Å². The van der Waals surface area contributed by atoms with Gasteiger partial charge < -0.3 is 14.6 Å². The van der Waals surface area contributed by atoms with Gasteiger partial charge in [0.25, 0.3) is 15.9 Å². The largest absolute Gasteiger partial charge is 0.438 e. The number of hydrogen-bond acceptors (Lipinski definition) is 6. The number of amides is 1. The molecule has 0 spiro atoms. The molecule has 2 aromatic heterocycles. The van der Waals surface area contributed by atoms with E-state index in [0.29, 0.717) is 19.6 Å². The number of rotatable bonds is 4. The smallest absolute Gasteiger partial charge is 0.290 e. The normalized spacial score (nSPS) is 17.8. The Morgan fingerprint density at radius 1 is 1.32 bits per heavy atom. The van der Waals surface area contributed by atoms with Crippen LogP contribution in [-0.2, 0) is 10.0 Å². The summed E-state index contributed by atoms with van der Waals surface area (Å²) in [6.07, 6.45) is 3.40. The highest BCUT2D eigenvalue weighted by atomic mass is 35.5. The third kappa shape index (κ3) is 5.11. The molecule has 2 aromatic rings. The van der Waals surface area contributed by atoms with E-state index in [4.69, 9.17) is 4.42 Å². The van der Waals surface area contributed by atoms with E-state index >= 15 is 0 Å². The minimum absolute atomic E-state index is 0. The minimum atomic E-state index is -3.84. The Kier molecular flexibility index (Phi) is 6.87. The summed E-state index contributed by atoms with van der Waals surface area (Å²) in [4.78, 5) is 18.8. The maximum Gasteiger partial charge on any atom is 0.290 e. The second-order valence-electron chi connectivity index (χ2n) is 7.48. The molecule has 1 amide bonds. The first-order valence-corrected chi connectivity index (χ1v) is 10.2. The lowest BCUT2D eigenvalue weighted by Crippen LogP contribution is -2.48. The number of pyridine rings is 1. The van der Waals surface area contributed by atoms with Crippen LogP contribution in [0.3, 0.4) is 0 Å². The molecule has 28 heavy (non-hydrogen) atoms. The molecular formula is C18H25ClN4O4S. The van der Waals surface area contributed by atoms with Crippen LogP contribution >= 0.6 is 12.4 Å². The lowest BCUT2D eigenvalue weighted by molar-refractivity contribution is 0.0595. The average molecular weight is 429 g/mol. The molecule has 10 heteroatoms. The van der Waals surface area contributed by atoms with Crippen LogP contribution in [0.4, 0.5) is 0 Å². The zero-order valence-corrected chi connectivity index (χ0v) is 17.6. The van der Waals surface area contributed by atoms with E-state index in [1.54, 1.807) is 38.1 Å². The van der Waals surface area contributed by atoms with E-state index in [1.807, 2.05) is 12.1 Å². The van der Waals surface area contributed by atoms with Gasteiger partial charge in [0.1, 0.15) is 0 Å². The van der Waals surface area contributed by atoms with Crippen LogP contribution in [0.15, 0.2) is 46.2 Å². The molecule has 1 unspecified atom stereocenters. The van der Waals surface area contributed by atoms with Gasteiger partial charge in [0.05, 0.1) is 6.04 Å². The van der Waals surface area contributed by atoms with Crippen molar-refractivity contribution < 1.29 is 17.6 Å². The van der Waals surface area contributed by atoms with Gasteiger partial charge in [-0.25, -0.2) is 13.1 Å². The van der Waals surface area contributed by atoms with Crippen LogP contribution < -0.4 is 10.0 Å². The van der Waals surface area contributed by atoms with Crippen molar-refractivity contribution in [1.29, 1.82) is 0 Å². The molecule has 3 heterocycles. The predicted octanol–water partition coefficient (Wildman–Crippen LogP) is 1.96. The van der Waals surface area contributed by atoms with Crippen molar-refractivity contribution in [3.8, 4) is 0 Å². The molecule has 8 nitrogen and oxygen atoms in total. The maximum atomic E-state index is 13.0. The summed E-state index contributed by atoms with van der Waals surface area (Å²) in [5, 5.41) is 3.00. The van der Waals surface area contributed by atoms with E-state index in [-0.39, 0.29) is 35.2 Å². The van der Waals surface area contributed by atoms with Crippen molar-refractivity contribution in [3.05, 3.63) is 48.0 Å². The van der Waals surface area contributed by atoms with Gasteiger partial charge >= 0.3 is 0 Å². The van der Waals surface area contributed by atoms with Crippen molar-refractivity contribution in [1.82, 2.24) is 19.9 Å². The van der Waals surface area contributed by atoms with Gasteiger partial charge in [0.15, 0.2) is 5.76 Å². The standard InChI is InChI=1S/C18H24N4O4S.ClH/c1-18(2,3)21-27(24,25)16-7-6-15(26-16)17(23)22-10-9-20-12-14(22)13-5-4-8-19-11-13;/h4-8,11,14,20-21H,9-10,12H2,1-3H3;1H. The molecule has 0 aliphatic carbocycles. The fourth-order valence-electron chi connectivity index (χ4n) is 2.99. The highest BCUT2D eigenvalue weighted by molar-refractivity contribution is 7.89. The fourth-order valence-corrected chi connectivity index (χ4v) is 4.35. The van der Waals surface area contributed by atoms with Crippen molar-refractivity contribution in [2.24, 2.45) is 0 Å². The molecule has 2 N–H and O–H groups in total. The predicted molar refractivity (Wildman–Crippen MR) is 107 cm³/mol. The summed E-state index contributed by atoms with van der Waals surface area (Å²) < 4.78 is 32.7. The maximum absolute atomic E-state index is 13.0. The number of carbonyl (C=O) groups is 1. The van der Waals surface area contributed by atoms with E-state index in [9.17, 15) is 13.2 Å². The Balaban J connectivity index is 0.00000280. The monoisotopic (exact) mass is 428 g/mol. The van der Waals surface area contributed by atoms with E-state index in [2.05, 4.69) is 15.0 Å². The molecule has 1 fully saturated rings. The second-order valence-corrected chi connectivity index (χ2v) is 9.09. The number of sulfonamides is 1. The first kappa shape index (κ1) is 22.4. The molecule has 0 saturated carbocycles. The molecule has 1 atom stereocenters. The lowest BCUT2D eigenvalue weighted by Gasteiger charge is -2.35. The summed E-state index contributed by atoms with van der Waals surface area (Å²) in [5.41, 5.74) is 0.256. The third-order valence-corrected chi connectivity index (χ3v) is 5.70. The van der Waals surface area contributed by atoms with E-state index < -0.39 is 15.6 Å². The van der Waals surface area contributed by atoms with Crippen LogP contribution in [0.1, 0.15) is 42.9 Å². The molecule has 154 valence electrons. The Morgan fingerprint density at radius 2 is 2.07 bits per heavy atom. The molecule has 0 aromatic carbocycles. The molecule has 0 bridgehead atoms. The lowest BCUT2D eigenvalue weighted by atomic mass is 10.1. The summed E-state index contributed by atoms with van der Waals surface area (Å²) >= 11 is 0. The zero-order chi connectivity index (χ0) is 19.7. The van der Waals surface area contributed by atoms with Crippen LogP contribution in [0.25, 0.3) is 0 Å². The van der Waals surface area contributed by atoms with Crippen LogP contribution in [0, 0.1) is 0 Å². The number of piperazine rings is 1. The van der Waals surface area contributed by atoms with Gasteiger partial charge in [-0.3, -0.25) is 9.78 Å². The number of nitrogens with zero attached hydrogens (tertiary/aromatic N) is 2. The molecular weight excluding hydrogens is 404 g/mol. The number of halogens is 1. The number of furan rings is 1. The van der Waals surface area contributed by atoms with Crippen molar-refractivity contribution in [2.45, 2.75) is 37.4 Å². The molecule has 3 rings (SSSR count). The van der Waals surface area contributed by atoms with Gasteiger partial charge in [-0.05, 0) is 44.5 Å². The average Bonchev–Trinajstić information content (AvgIpc) is 3.11. The summed E-state index contributed by atoms with van der Waals surface area (Å²) in [5.74, 6) is -0.345. The van der Waals surface area contributed by atoms with Crippen molar-refractivity contribution in [3.63, 3.8) is 0 Å². The van der Waals surface area contributed by atoms with Gasteiger partial charge in [-0.2, -0.15) is 0 Å². The number of hydrogen-bond donors (Lipinski definition) is 2. The molecule has 1 saturated heterocycles. The van der Waals surface area contributed by atoms with Crippen LogP contribution in [-0.4, -0.2) is 49.4 Å². The molecule has 1 aliphatic rings. The van der Waals surface area contributed by atoms with E-state index in [1.165, 1.54) is 12.1 Å². The Labute approximate surface area is 171 Å². The van der Waals surface area contributed by atoms with Gasteiger partial charge in [0.2, 0.25) is 5.09 Å². The minimum Gasteiger partial charge on any atom is -0.438 e. The van der Waals surface area contributed by atoms with Crippen molar-refractivity contribution in [2.75, 3.05) is 19.6 Å². The van der Waals surface area contributed by atoms with Gasteiger partial charge in [-0.1, -0.05) is 6.07 Å². The molecule has 0 radical (unpaired) electrons. The quantitative estimate of drug-likeness (QED) is 0.771. The summed E-state index contributed by atoms with van der Waals surface area (Å²) in [6, 6.07) is 6.25. The highest BCUT2D eigenvalue weighted by Crippen LogP contribution is 2.25. The van der Waals surface area contributed by atoms with E-state index in [0.717, 1.165) is 5.56 Å². The Morgan fingerprint density at radius 3 is 2.71 bits per heavy atom. The van der Waals surface area contributed by atoms with Crippen molar-refractivity contribution >= 4 is 28.3 Å². The Bertz CT molecular complexity index is 909. The Hall–Kier alpha value is -1.94. The van der Waals surface area contributed by atoms with Gasteiger partial charge in [-0.15, -0.1) is 12.4 Å². The number of carbonyl (C=O) groups excluding carboxylic acids is 1. The van der Waals surface area contributed by atoms with Crippen LogP contribution in [0.5, 0.6) is 0 Å². The molecule has 1 aliphatic heterocycles. The number of nitrogens with one attached hydrogen (secondary N) is 2. The number of aromatic nitrogens is 1. The highest BCUT2D eigenvalue weighted by Gasteiger charge is 2.32. The fraction of sp³-hybridized carbons (Fsp3) is 0.444. The van der Waals surface area contributed by atoms with Gasteiger partial charge in [0, 0.05) is 37.6 Å². The summed E-state index contributed by atoms with van der Waals surface area (Å²) in [6.45, 7) is 6.94. The third-order valence-electron chi connectivity index (χ3n) is 4.07. The van der Waals surface area contributed by atoms with Crippen LogP contribution in [0.2, 0.25) is 0 Å². The first-order chi connectivity index (χ1) is 12.7. The second kappa shape index (κ2) is 8.60. The first-order valence-electron chi connectivity index (χ1n) is 8.73.